The van der Waals surface area contributed by atoms with Crippen molar-refractivity contribution in [3.8, 4) is 5.75 Å². The Morgan fingerprint density at radius 1 is 1.29 bits per heavy atom. The van der Waals surface area contributed by atoms with E-state index in [9.17, 15) is 4.79 Å². The van der Waals surface area contributed by atoms with Crippen molar-refractivity contribution in [3.05, 3.63) is 24.3 Å². The predicted molar refractivity (Wildman–Crippen MR) is 68.4 cm³/mol. The molecular weight excluding hydrogens is 218 g/mol. The maximum atomic E-state index is 11.4. The van der Waals surface area contributed by atoms with Gasteiger partial charge in [0, 0.05) is 13.1 Å². The van der Waals surface area contributed by atoms with Crippen molar-refractivity contribution in [2.75, 3.05) is 39.1 Å². The van der Waals surface area contributed by atoms with Gasteiger partial charge in [-0.3, -0.25) is 4.79 Å². The Morgan fingerprint density at radius 3 is 2.76 bits per heavy atom. The number of anilines is 1. The first-order valence-corrected chi connectivity index (χ1v) is 5.56. The van der Waals surface area contributed by atoms with Crippen LogP contribution in [0.4, 0.5) is 5.69 Å². The second-order valence-corrected chi connectivity index (χ2v) is 3.51. The Kier molecular flexibility index (Phi) is 5.88. The summed E-state index contributed by atoms with van der Waals surface area (Å²) in [5.41, 5.74) is 0.818. The fraction of sp³-hybridized carbons (Fsp3) is 0.417. The molecular formula is C12H19N3O2. The van der Waals surface area contributed by atoms with Crippen molar-refractivity contribution >= 4 is 11.6 Å². The molecule has 17 heavy (non-hydrogen) atoms. The number of benzene rings is 1. The molecule has 0 saturated heterocycles. The second kappa shape index (κ2) is 7.51. The zero-order valence-electron chi connectivity index (χ0n) is 10.2. The molecule has 0 bridgehead atoms. The molecule has 0 radical (unpaired) electrons. The SMILES string of the molecule is CNCCNC(=O)CNc1ccccc1OC. The number of hydrogen-bond donors (Lipinski definition) is 3. The van der Waals surface area contributed by atoms with E-state index in [4.69, 9.17) is 4.74 Å². The molecule has 0 aromatic heterocycles. The van der Waals surface area contributed by atoms with Gasteiger partial charge < -0.3 is 20.7 Å². The maximum Gasteiger partial charge on any atom is 0.239 e. The Hall–Kier alpha value is -1.75. The Balaban J connectivity index is 2.36. The summed E-state index contributed by atoms with van der Waals surface area (Å²) in [7, 11) is 3.45. The molecule has 0 atom stereocenters. The lowest BCUT2D eigenvalue weighted by molar-refractivity contribution is -0.119. The molecule has 0 saturated carbocycles. The number of rotatable bonds is 7. The van der Waals surface area contributed by atoms with Crippen LogP contribution in [0.2, 0.25) is 0 Å². The molecule has 0 aliphatic carbocycles. The van der Waals surface area contributed by atoms with Gasteiger partial charge in [-0.15, -0.1) is 0 Å². The number of hydrogen-bond acceptors (Lipinski definition) is 4. The molecule has 1 amide bonds. The van der Waals surface area contributed by atoms with Gasteiger partial charge >= 0.3 is 0 Å². The highest BCUT2D eigenvalue weighted by atomic mass is 16.5. The molecule has 0 unspecified atom stereocenters. The normalized spacial score (nSPS) is 9.76. The quantitative estimate of drug-likeness (QED) is 0.602. The third kappa shape index (κ3) is 4.74. The van der Waals surface area contributed by atoms with Gasteiger partial charge in [-0.1, -0.05) is 12.1 Å². The maximum absolute atomic E-state index is 11.4. The summed E-state index contributed by atoms with van der Waals surface area (Å²) in [4.78, 5) is 11.4. The molecule has 3 N–H and O–H groups in total. The van der Waals surface area contributed by atoms with Crippen LogP contribution in [-0.2, 0) is 4.79 Å². The van der Waals surface area contributed by atoms with Crippen molar-refractivity contribution in [1.82, 2.24) is 10.6 Å². The van der Waals surface area contributed by atoms with E-state index in [1.54, 1.807) is 7.11 Å². The summed E-state index contributed by atoms with van der Waals surface area (Å²) in [6.07, 6.45) is 0. The summed E-state index contributed by atoms with van der Waals surface area (Å²) in [6, 6.07) is 7.50. The summed E-state index contributed by atoms with van der Waals surface area (Å²) < 4.78 is 5.17. The van der Waals surface area contributed by atoms with Gasteiger partial charge in [-0.25, -0.2) is 0 Å². The van der Waals surface area contributed by atoms with Crippen LogP contribution in [0.1, 0.15) is 0 Å². The highest BCUT2D eigenvalue weighted by molar-refractivity contribution is 5.81. The van der Waals surface area contributed by atoms with Gasteiger partial charge in [0.05, 0.1) is 19.3 Å². The second-order valence-electron chi connectivity index (χ2n) is 3.51. The number of carbonyl (C=O) groups is 1. The van der Waals surface area contributed by atoms with Crippen LogP contribution in [0.3, 0.4) is 0 Å². The van der Waals surface area contributed by atoms with Crippen molar-refractivity contribution in [1.29, 1.82) is 0 Å². The molecule has 0 aliphatic heterocycles. The standard InChI is InChI=1S/C12H19N3O2/c1-13-7-8-14-12(16)9-15-10-5-3-4-6-11(10)17-2/h3-6,13,15H,7-9H2,1-2H3,(H,14,16). The number of likely N-dealkylation sites (N-methyl/N-ethyl adjacent to an activating group) is 1. The number of nitrogens with one attached hydrogen (secondary N) is 3. The van der Waals surface area contributed by atoms with E-state index >= 15 is 0 Å². The van der Waals surface area contributed by atoms with E-state index in [0.29, 0.717) is 6.54 Å². The van der Waals surface area contributed by atoms with Crippen LogP contribution in [-0.4, -0.2) is 39.7 Å². The van der Waals surface area contributed by atoms with Gasteiger partial charge in [-0.05, 0) is 19.2 Å². The van der Waals surface area contributed by atoms with E-state index < -0.39 is 0 Å². The largest absolute Gasteiger partial charge is 0.495 e. The first-order valence-electron chi connectivity index (χ1n) is 5.56. The molecule has 5 nitrogen and oxygen atoms in total. The minimum absolute atomic E-state index is 0.0360. The van der Waals surface area contributed by atoms with E-state index in [1.807, 2.05) is 31.3 Å². The smallest absolute Gasteiger partial charge is 0.239 e. The summed E-state index contributed by atoms with van der Waals surface area (Å²) in [5.74, 6) is 0.696. The summed E-state index contributed by atoms with van der Waals surface area (Å²) in [5, 5.41) is 8.78. The van der Waals surface area contributed by atoms with Crippen molar-refractivity contribution in [3.63, 3.8) is 0 Å². The third-order valence-electron chi connectivity index (χ3n) is 2.24. The predicted octanol–water partition coefficient (Wildman–Crippen LogP) is 0.443. The molecule has 0 heterocycles. The van der Waals surface area contributed by atoms with Crippen molar-refractivity contribution in [2.45, 2.75) is 0 Å². The lowest BCUT2D eigenvalue weighted by Crippen LogP contribution is -2.34. The minimum atomic E-state index is -0.0360. The summed E-state index contributed by atoms with van der Waals surface area (Å²) in [6.45, 7) is 1.63. The molecule has 5 heteroatoms. The number of para-hydroxylation sites is 2. The molecule has 0 aliphatic rings. The average molecular weight is 237 g/mol. The number of carbonyl (C=O) groups excluding carboxylic acids is 1. The molecule has 1 rings (SSSR count). The lowest BCUT2D eigenvalue weighted by Gasteiger charge is -2.10. The van der Waals surface area contributed by atoms with Gasteiger partial charge in [0.1, 0.15) is 5.75 Å². The van der Waals surface area contributed by atoms with Crippen LogP contribution in [0.15, 0.2) is 24.3 Å². The number of methoxy groups -OCH3 is 1. The molecule has 0 spiro atoms. The minimum Gasteiger partial charge on any atom is -0.495 e. The van der Waals surface area contributed by atoms with Crippen molar-refractivity contribution < 1.29 is 9.53 Å². The molecule has 1 aromatic rings. The van der Waals surface area contributed by atoms with Crippen LogP contribution >= 0.6 is 0 Å². The monoisotopic (exact) mass is 237 g/mol. The highest BCUT2D eigenvalue weighted by Crippen LogP contribution is 2.22. The van der Waals surface area contributed by atoms with Crippen LogP contribution in [0.5, 0.6) is 5.75 Å². The van der Waals surface area contributed by atoms with Crippen molar-refractivity contribution in [2.24, 2.45) is 0 Å². The van der Waals surface area contributed by atoms with Gasteiger partial charge in [0.15, 0.2) is 0 Å². The zero-order chi connectivity index (χ0) is 12.5. The van der Waals surface area contributed by atoms with E-state index in [0.717, 1.165) is 18.0 Å². The highest BCUT2D eigenvalue weighted by Gasteiger charge is 2.03. The fourth-order valence-electron chi connectivity index (χ4n) is 1.36. The Bertz CT molecular complexity index is 355. The van der Waals surface area contributed by atoms with Gasteiger partial charge in [0.2, 0.25) is 5.91 Å². The lowest BCUT2D eigenvalue weighted by atomic mass is 10.3. The van der Waals surface area contributed by atoms with Gasteiger partial charge in [0.25, 0.3) is 0 Å². The van der Waals surface area contributed by atoms with Crippen LogP contribution in [0, 0.1) is 0 Å². The number of ether oxygens (including phenoxy) is 1. The Morgan fingerprint density at radius 2 is 2.06 bits per heavy atom. The third-order valence-corrected chi connectivity index (χ3v) is 2.24. The summed E-state index contributed by atoms with van der Waals surface area (Å²) >= 11 is 0. The Labute approximate surface area is 102 Å². The molecule has 0 fully saturated rings. The van der Waals surface area contributed by atoms with Gasteiger partial charge in [-0.2, -0.15) is 0 Å². The topological polar surface area (TPSA) is 62.4 Å². The molecule has 94 valence electrons. The van der Waals surface area contributed by atoms with E-state index in [2.05, 4.69) is 16.0 Å². The average Bonchev–Trinajstić information content (AvgIpc) is 2.37. The fourth-order valence-corrected chi connectivity index (χ4v) is 1.36. The molecule has 1 aromatic carbocycles. The van der Waals surface area contributed by atoms with E-state index in [-0.39, 0.29) is 12.5 Å². The first-order chi connectivity index (χ1) is 8.27. The number of amides is 1. The first kappa shape index (κ1) is 13.3. The van der Waals surface area contributed by atoms with E-state index in [1.165, 1.54) is 0 Å². The van der Waals surface area contributed by atoms with Crippen LogP contribution in [0.25, 0.3) is 0 Å². The zero-order valence-corrected chi connectivity index (χ0v) is 10.2. The van der Waals surface area contributed by atoms with Crippen LogP contribution < -0.4 is 20.7 Å².